The van der Waals surface area contributed by atoms with E-state index in [-0.39, 0.29) is 12.4 Å². The average Bonchev–Trinajstić information content (AvgIpc) is 2.28. The molecule has 0 unspecified atom stereocenters. The Morgan fingerprint density at radius 2 is 1.78 bits per heavy atom. The lowest BCUT2D eigenvalue weighted by Crippen LogP contribution is -2.27. The molecule has 1 aromatic rings. The van der Waals surface area contributed by atoms with Gasteiger partial charge in [0.25, 0.3) is 0 Å². The van der Waals surface area contributed by atoms with Gasteiger partial charge in [-0.25, -0.2) is 0 Å². The van der Waals surface area contributed by atoms with Crippen LogP contribution in [-0.4, -0.2) is 6.04 Å². The SMILES string of the molecule is C=CCC(CC=C)NCc1ccc(Cl)cc1Cl.Cl. The summed E-state index contributed by atoms with van der Waals surface area (Å²) in [6.07, 6.45) is 5.64. The lowest BCUT2D eigenvalue weighted by atomic mass is 10.1. The van der Waals surface area contributed by atoms with Gasteiger partial charge in [0.15, 0.2) is 0 Å². The Balaban J connectivity index is 0.00000289. The summed E-state index contributed by atoms with van der Waals surface area (Å²) >= 11 is 12.0. The van der Waals surface area contributed by atoms with E-state index >= 15 is 0 Å². The maximum absolute atomic E-state index is 6.10. The van der Waals surface area contributed by atoms with E-state index in [9.17, 15) is 0 Å². The second-order valence-corrected chi connectivity index (χ2v) is 4.71. The molecule has 1 N–H and O–H groups in total. The normalized spacial score (nSPS) is 9.94. The molecule has 4 heteroatoms. The number of halogens is 3. The molecule has 0 aliphatic carbocycles. The van der Waals surface area contributed by atoms with Crippen molar-refractivity contribution in [3.63, 3.8) is 0 Å². The molecule has 0 saturated heterocycles. The zero-order valence-corrected chi connectivity index (χ0v) is 12.5. The highest BCUT2D eigenvalue weighted by molar-refractivity contribution is 6.35. The monoisotopic (exact) mass is 305 g/mol. The van der Waals surface area contributed by atoms with Gasteiger partial charge in [-0.2, -0.15) is 0 Å². The molecule has 0 aromatic heterocycles. The fourth-order valence-electron chi connectivity index (χ4n) is 1.58. The molecule has 1 aromatic carbocycles. The standard InChI is InChI=1S/C14H17Cl2N.ClH/c1-3-5-13(6-4-2)17-10-11-7-8-12(15)9-14(11)16;/h3-4,7-9,13,17H,1-2,5-6,10H2;1H. The van der Waals surface area contributed by atoms with Gasteiger partial charge in [0, 0.05) is 22.6 Å². The molecule has 0 heterocycles. The molecule has 0 radical (unpaired) electrons. The molecule has 0 atom stereocenters. The van der Waals surface area contributed by atoms with E-state index in [0.717, 1.165) is 24.9 Å². The maximum atomic E-state index is 6.10. The Labute approximate surface area is 125 Å². The molecule has 0 aliphatic heterocycles. The Morgan fingerprint density at radius 1 is 1.17 bits per heavy atom. The molecule has 1 nitrogen and oxygen atoms in total. The van der Waals surface area contributed by atoms with Crippen LogP contribution in [0.25, 0.3) is 0 Å². The Bertz CT molecular complexity index is 381. The van der Waals surface area contributed by atoms with Gasteiger partial charge in [-0.15, -0.1) is 25.6 Å². The van der Waals surface area contributed by atoms with Crippen LogP contribution in [-0.2, 0) is 6.54 Å². The average molecular weight is 307 g/mol. The molecule has 0 fully saturated rings. The van der Waals surface area contributed by atoms with E-state index in [0.29, 0.717) is 16.1 Å². The van der Waals surface area contributed by atoms with Gasteiger partial charge in [0.2, 0.25) is 0 Å². The van der Waals surface area contributed by atoms with Gasteiger partial charge in [-0.05, 0) is 30.5 Å². The Morgan fingerprint density at radius 3 is 2.28 bits per heavy atom. The minimum atomic E-state index is 0. The Kier molecular flexibility index (Phi) is 9.21. The van der Waals surface area contributed by atoms with Gasteiger partial charge in [-0.1, -0.05) is 41.4 Å². The fraction of sp³-hybridized carbons (Fsp3) is 0.286. The first kappa shape index (κ1) is 17.5. The van der Waals surface area contributed by atoms with Crippen LogP contribution < -0.4 is 5.32 Å². The predicted octanol–water partition coefficient (Wildman–Crippen LogP) is 5.03. The maximum Gasteiger partial charge on any atom is 0.0465 e. The molecular formula is C14H18Cl3N. The highest BCUT2D eigenvalue weighted by atomic mass is 35.5. The molecule has 0 amide bonds. The van der Waals surface area contributed by atoms with Gasteiger partial charge in [0.1, 0.15) is 0 Å². The summed E-state index contributed by atoms with van der Waals surface area (Å²) in [4.78, 5) is 0. The fourth-order valence-corrected chi connectivity index (χ4v) is 2.06. The van der Waals surface area contributed by atoms with Crippen molar-refractivity contribution in [3.05, 3.63) is 59.1 Å². The van der Waals surface area contributed by atoms with Crippen LogP contribution in [0.4, 0.5) is 0 Å². The first-order valence-corrected chi connectivity index (χ1v) is 6.32. The van der Waals surface area contributed by atoms with Crippen LogP contribution in [0.5, 0.6) is 0 Å². The summed E-state index contributed by atoms with van der Waals surface area (Å²) in [5.74, 6) is 0. The van der Waals surface area contributed by atoms with Crippen LogP contribution in [0.3, 0.4) is 0 Å². The molecule has 0 saturated carbocycles. The minimum absolute atomic E-state index is 0. The van der Waals surface area contributed by atoms with E-state index in [1.54, 1.807) is 6.07 Å². The third-order valence-corrected chi connectivity index (χ3v) is 3.09. The van der Waals surface area contributed by atoms with Crippen LogP contribution in [0.1, 0.15) is 18.4 Å². The summed E-state index contributed by atoms with van der Waals surface area (Å²) in [5.41, 5.74) is 1.05. The van der Waals surface area contributed by atoms with Crippen molar-refractivity contribution in [1.82, 2.24) is 5.32 Å². The number of rotatable bonds is 7. The van der Waals surface area contributed by atoms with Gasteiger partial charge in [-0.3, -0.25) is 0 Å². The first-order valence-electron chi connectivity index (χ1n) is 5.56. The first-order chi connectivity index (χ1) is 8.17. The van der Waals surface area contributed by atoms with Crippen LogP contribution in [0, 0.1) is 0 Å². The third-order valence-electron chi connectivity index (χ3n) is 2.50. The second-order valence-electron chi connectivity index (χ2n) is 3.86. The van der Waals surface area contributed by atoms with E-state index < -0.39 is 0 Å². The summed E-state index contributed by atoms with van der Waals surface area (Å²) in [6, 6.07) is 5.91. The van der Waals surface area contributed by atoms with E-state index in [1.165, 1.54) is 0 Å². The van der Waals surface area contributed by atoms with Crippen molar-refractivity contribution in [2.75, 3.05) is 0 Å². The van der Waals surface area contributed by atoms with Gasteiger partial charge >= 0.3 is 0 Å². The van der Waals surface area contributed by atoms with Gasteiger partial charge < -0.3 is 5.32 Å². The quantitative estimate of drug-likeness (QED) is 0.697. The third kappa shape index (κ3) is 5.92. The smallest absolute Gasteiger partial charge is 0.0465 e. The largest absolute Gasteiger partial charge is 0.309 e. The highest BCUT2D eigenvalue weighted by Crippen LogP contribution is 2.21. The zero-order chi connectivity index (χ0) is 12.7. The highest BCUT2D eigenvalue weighted by Gasteiger charge is 2.06. The summed E-state index contributed by atoms with van der Waals surface area (Å²) in [5, 5.41) is 4.78. The zero-order valence-electron chi connectivity index (χ0n) is 10.2. The van der Waals surface area contributed by atoms with E-state index in [1.807, 2.05) is 24.3 Å². The topological polar surface area (TPSA) is 12.0 Å². The second kappa shape index (κ2) is 9.46. The van der Waals surface area contributed by atoms with Crippen molar-refractivity contribution in [2.45, 2.75) is 25.4 Å². The summed E-state index contributed by atoms with van der Waals surface area (Å²) < 4.78 is 0. The lowest BCUT2D eigenvalue weighted by molar-refractivity contribution is 0.520. The number of hydrogen-bond acceptors (Lipinski definition) is 1. The van der Waals surface area contributed by atoms with E-state index in [4.69, 9.17) is 23.2 Å². The van der Waals surface area contributed by atoms with Crippen molar-refractivity contribution in [1.29, 1.82) is 0 Å². The molecule has 0 spiro atoms. The van der Waals surface area contributed by atoms with Crippen molar-refractivity contribution in [3.8, 4) is 0 Å². The van der Waals surface area contributed by atoms with E-state index in [2.05, 4.69) is 18.5 Å². The van der Waals surface area contributed by atoms with Crippen molar-refractivity contribution < 1.29 is 0 Å². The number of benzene rings is 1. The molecular weight excluding hydrogens is 289 g/mol. The molecule has 0 aliphatic rings. The van der Waals surface area contributed by atoms with Gasteiger partial charge in [0.05, 0.1) is 0 Å². The number of nitrogens with one attached hydrogen (secondary N) is 1. The van der Waals surface area contributed by atoms with Crippen LogP contribution >= 0.6 is 35.6 Å². The number of hydrogen-bond donors (Lipinski definition) is 1. The van der Waals surface area contributed by atoms with Crippen molar-refractivity contribution in [2.24, 2.45) is 0 Å². The molecule has 18 heavy (non-hydrogen) atoms. The molecule has 0 bridgehead atoms. The summed E-state index contributed by atoms with van der Waals surface area (Å²) in [7, 11) is 0. The minimum Gasteiger partial charge on any atom is -0.309 e. The predicted molar refractivity (Wildman–Crippen MR) is 84.0 cm³/mol. The summed E-state index contributed by atoms with van der Waals surface area (Å²) in [6.45, 7) is 8.22. The Hall–Kier alpha value is -0.470. The molecule has 100 valence electrons. The lowest BCUT2D eigenvalue weighted by Gasteiger charge is -2.16. The van der Waals surface area contributed by atoms with Crippen molar-refractivity contribution >= 4 is 35.6 Å². The van der Waals surface area contributed by atoms with Crippen LogP contribution in [0.2, 0.25) is 10.0 Å². The molecule has 1 rings (SSSR count). The van der Waals surface area contributed by atoms with Crippen LogP contribution in [0.15, 0.2) is 43.5 Å².